The quantitative estimate of drug-likeness (QED) is 0.855. The molecular formula is C16H18FN. The van der Waals surface area contributed by atoms with Crippen LogP contribution >= 0.6 is 0 Å². The first-order valence-corrected chi connectivity index (χ1v) is 6.03. The van der Waals surface area contributed by atoms with Gasteiger partial charge in [-0.2, -0.15) is 0 Å². The number of nitrogens with two attached hydrogens (primary N) is 1. The number of hydrogen-bond donors (Lipinski definition) is 1. The minimum Gasteiger partial charge on any atom is -0.318 e. The van der Waals surface area contributed by atoms with Crippen LogP contribution in [0.5, 0.6) is 0 Å². The molecule has 1 nitrogen and oxygen atoms in total. The van der Waals surface area contributed by atoms with Gasteiger partial charge in [-0.25, -0.2) is 4.39 Å². The predicted molar refractivity (Wildman–Crippen MR) is 73.0 cm³/mol. The van der Waals surface area contributed by atoms with E-state index in [1.165, 1.54) is 23.3 Å². The maximum absolute atomic E-state index is 13.0. The van der Waals surface area contributed by atoms with E-state index in [0.29, 0.717) is 0 Å². The van der Waals surface area contributed by atoms with Crippen molar-refractivity contribution in [3.8, 4) is 0 Å². The molecule has 0 fully saturated rings. The maximum Gasteiger partial charge on any atom is 0.123 e. The number of hydrogen-bond acceptors (Lipinski definition) is 1. The molecule has 0 aliphatic rings. The highest BCUT2D eigenvalue weighted by Crippen LogP contribution is 2.28. The van der Waals surface area contributed by atoms with Gasteiger partial charge in [0.15, 0.2) is 0 Å². The molecule has 0 radical (unpaired) electrons. The van der Waals surface area contributed by atoms with Gasteiger partial charge in [-0.05, 0) is 44.0 Å². The fraction of sp³-hybridized carbons (Fsp3) is 0.250. The molecule has 2 aromatic rings. The van der Waals surface area contributed by atoms with E-state index in [-0.39, 0.29) is 5.82 Å². The van der Waals surface area contributed by atoms with Crippen molar-refractivity contribution < 1.29 is 4.39 Å². The molecule has 0 aromatic heterocycles. The lowest BCUT2D eigenvalue weighted by atomic mass is 9.84. The van der Waals surface area contributed by atoms with Gasteiger partial charge in [0.05, 0.1) is 5.54 Å². The van der Waals surface area contributed by atoms with E-state index in [1.54, 1.807) is 12.1 Å². The topological polar surface area (TPSA) is 26.0 Å². The zero-order valence-electron chi connectivity index (χ0n) is 11.0. The molecule has 0 spiro atoms. The Balaban J connectivity index is 2.49. The molecule has 94 valence electrons. The van der Waals surface area contributed by atoms with Gasteiger partial charge in [-0.1, -0.05) is 41.5 Å². The smallest absolute Gasteiger partial charge is 0.123 e. The first kappa shape index (κ1) is 12.8. The fourth-order valence-corrected chi connectivity index (χ4v) is 2.24. The zero-order chi connectivity index (χ0) is 13.3. The standard InChI is InChI=1S/C16H18FN/c1-11-8-12(2)10-14(9-11)16(3,18)13-4-6-15(17)7-5-13/h4-10H,18H2,1-3H3. The van der Waals surface area contributed by atoms with E-state index < -0.39 is 5.54 Å². The molecule has 0 amide bonds. The van der Waals surface area contributed by atoms with Crippen LogP contribution in [0.1, 0.15) is 29.2 Å². The van der Waals surface area contributed by atoms with Crippen LogP contribution in [-0.2, 0) is 5.54 Å². The van der Waals surface area contributed by atoms with Crippen LogP contribution in [-0.4, -0.2) is 0 Å². The Kier molecular flexibility index (Phi) is 3.22. The van der Waals surface area contributed by atoms with Crippen LogP contribution in [0, 0.1) is 19.7 Å². The van der Waals surface area contributed by atoms with Crippen molar-refractivity contribution >= 4 is 0 Å². The summed E-state index contributed by atoms with van der Waals surface area (Å²) < 4.78 is 13.0. The van der Waals surface area contributed by atoms with Crippen LogP contribution in [0.15, 0.2) is 42.5 Å². The van der Waals surface area contributed by atoms with E-state index in [2.05, 4.69) is 32.0 Å². The van der Waals surface area contributed by atoms with Crippen LogP contribution in [0.25, 0.3) is 0 Å². The van der Waals surface area contributed by atoms with Gasteiger partial charge in [-0.15, -0.1) is 0 Å². The summed E-state index contributed by atoms with van der Waals surface area (Å²) in [6.45, 7) is 6.06. The third-order valence-electron chi connectivity index (χ3n) is 3.27. The lowest BCUT2D eigenvalue weighted by Crippen LogP contribution is -2.34. The Hall–Kier alpha value is -1.67. The molecule has 2 N–H and O–H groups in total. The van der Waals surface area contributed by atoms with E-state index in [9.17, 15) is 4.39 Å². The number of benzene rings is 2. The lowest BCUT2D eigenvalue weighted by molar-refractivity contribution is 0.592. The SMILES string of the molecule is Cc1cc(C)cc(C(C)(N)c2ccc(F)cc2)c1. The molecule has 0 saturated heterocycles. The van der Waals surface area contributed by atoms with Crippen LogP contribution < -0.4 is 5.73 Å². The van der Waals surface area contributed by atoms with Gasteiger partial charge in [-0.3, -0.25) is 0 Å². The van der Waals surface area contributed by atoms with Crippen LogP contribution in [0.2, 0.25) is 0 Å². The Bertz CT molecular complexity index is 536. The van der Waals surface area contributed by atoms with E-state index in [4.69, 9.17) is 5.73 Å². The molecule has 1 unspecified atom stereocenters. The second-order valence-corrected chi connectivity index (χ2v) is 5.09. The molecule has 0 aliphatic carbocycles. The van der Waals surface area contributed by atoms with Crippen molar-refractivity contribution in [2.24, 2.45) is 5.73 Å². The minimum atomic E-state index is -0.607. The Morgan fingerprint density at radius 2 is 1.39 bits per heavy atom. The summed E-state index contributed by atoms with van der Waals surface area (Å²) in [4.78, 5) is 0. The van der Waals surface area contributed by atoms with Gasteiger partial charge < -0.3 is 5.73 Å². The van der Waals surface area contributed by atoms with Gasteiger partial charge in [0.2, 0.25) is 0 Å². The highest BCUT2D eigenvalue weighted by Gasteiger charge is 2.24. The molecular weight excluding hydrogens is 225 g/mol. The van der Waals surface area contributed by atoms with Crippen molar-refractivity contribution in [3.05, 3.63) is 70.5 Å². The van der Waals surface area contributed by atoms with E-state index >= 15 is 0 Å². The largest absolute Gasteiger partial charge is 0.318 e. The number of rotatable bonds is 2. The molecule has 0 heterocycles. The van der Waals surface area contributed by atoms with E-state index in [1.807, 2.05) is 6.92 Å². The summed E-state index contributed by atoms with van der Waals surface area (Å²) in [5, 5.41) is 0. The predicted octanol–water partition coefficient (Wildman–Crippen LogP) is 3.66. The second-order valence-electron chi connectivity index (χ2n) is 5.09. The highest BCUT2D eigenvalue weighted by atomic mass is 19.1. The van der Waals surface area contributed by atoms with Crippen molar-refractivity contribution in [1.82, 2.24) is 0 Å². The summed E-state index contributed by atoms with van der Waals surface area (Å²) in [6, 6.07) is 12.7. The third-order valence-corrected chi connectivity index (χ3v) is 3.27. The Morgan fingerprint density at radius 3 is 1.89 bits per heavy atom. The van der Waals surface area contributed by atoms with Gasteiger partial charge in [0.1, 0.15) is 5.82 Å². The normalized spacial score (nSPS) is 14.3. The summed E-state index contributed by atoms with van der Waals surface area (Å²) in [5.41, 5.74) is 10.1. The molecule has 2 heteroatoms. The summed E-state index contributed by atoms with van der Waals surface area (Å²) >= 11 is 0. The molecule has 0 saturated carbocycles. The van der Waals surface area contributed by atoms with Crippen molar-refractivity contribution in [2.45, 2.75) is 26.3 Å². The van der Waals surface area contributed by atoms with Crippen molar-refractivity contribution in [1.29, 1.82) is 0 Å². The second kappa shape index (κ2) is 4.54. The van der Waals surface area contributed by atoms with Crippen LogP contribution in [0.4, 0.5) is 4.39 Å². The summed E-state index contributed by atoms with van der Waals surface area (Å²) in [7, 11) is 0. The third kappa shape index (κ3) is 2.44. The Labute approximate surface area is 107 Å². The maximum atomic E-state index is 13.0. The van der Waals surface area contributed by atoms with Crippen molar-refractivity contribution in [3.63, 3.8) is 0 Å². The number of halogens is 1. The lowest BCUT2D eigenvalue weighted by Gasteiger charge is -2.27. The Morgan fingerprint density at radius 1 is 0.889 bits per heavy atom. The average Bonchev–Trinajstić information content (AvgIpc) is 2.28. The first-order valence-electron chi connectivity index (χ1n) is 6.03. The number of aryl methyl sites for hydroxylation is 2. The minimum absolute atomic E-state index is 0.241. The monoisotopic (exact) mass is 243 g/mol. The molecule has 0 aliphatic heterocycles. The van der Waals surface area contributed by atoms with Crippen LogP contribution in [0.3, 0.4) is 0 Å². The van der Waals surface area contributed by atoms with Gasteiger partial charge in [0.25, 0.3) is 0 Å². The van der Waals surface area contributed by atoms with Gasteiger partial charge in [0, 0.05) is 0 Å². The molecule has 0 bridgehead atoms. The molecule has 18 heavy (non-hydrogen) atoms. The zero-order valence-corrected chi connectivity index (χ0v) is 11.0. The van der Waals surface area contributed by atoms with E-state index in [0.717, 1.165) is 11.1 Å². The summed E-state index contributed by atoms with van der Waals surface area (Å²) in [5.74, 6) is -0.241. The summed E-state index contributed by atoms with van der Waals surface area (Å²) in [6.07, 6.45) is 0. The first-order chi connectivity index (χ1) is 8.39. The molecule has 2 rings (SSSR count). The molecule has 1 atom stereocenters. The average molecular weight is 243 g/mol. The fourth-order valence-electron chi connectivity index (χ4n) is 2.24. The molecule has 2 aromatic carbocycles. The van der Waals surface area contributed by atoms with Crippen molar-refractivity contribution in [2.75, 3.05) is 0 Å². The highest BCUT2D eigenvalue weighted by molar-refractivity contribution is 5.40. The van der Waals surface area contributed by atoms with Gasteiger partial charge >= 0.3 is 0 Å².